The summed E-state index contributed by atoms with van der Waals surface area (Å²) < 4.78 is 5.56. The molecule has 0 N–H and O–H groups in total. The Kier molecular flexibility index (Phi) is 5.90. The third-order valence-electron chi connectivity index (χ3n) is 4.46. The van der Waals surface area contributed by atoms with Gasteiger partial charge in [0.25, 0.3) is 0 Å². The van der Waals surface area contributed by atoms with E-state index >= 15 is 0 Å². The molecule has 0 saturated carbocycles. The van der Waals surface area contributed by atoms with Crippen LogP contribution in [-0.4, -0.2) is 31.1 Å². The minimum absolute atomic E-state index is 0.699. The molecule has 2 nitrogen and oxygen atoms in total. The van der Waals surface area contributed by atoms with Crippen LogP contribution >= 0.6 is 0 Å². The standard InChI is InChI=1S/C18H29NO/c1-4-6-13-19(12-5-2)16-11-10-15-8-7-9-18(20-3)17(15)14-16/h7-9,16H,4-6,10-14H2,1-3H3. The first kappa shape index (κ1) is 15.4. The molecule has 0 aliphatic heterocycles. The van der Waals surface area contributed by atoms with Crippen molar-refractivity contribution in [3.05, 3.63) is 29.3 Å². The van der Waals surface area contributed by atoms with Gasteiger partial charge in [-0.2, -0.15) is 0 Å². The average molecular weight is 275 g/mol. The van der Waals surface area contributed by atoms with E-state index in [0.717, 1.165) is 12.2 Å². The first-order valence-corrected chi connectivity index (χ1v) is 8.18. The van der Waals surface area contributed by atoms with E-state index in [2.05, 4.69) is 36.9 Å². The molecule has 20 heavy (non-hydrogen) atoms. The summed E-state index contributed by atoms with van der Waals surface area (Å²) >= 11 is 0. The molecule has 0 fully saturated rings. The number of fused-ring (bicyclic) bond motifs is 1. The molecule has 0 amide bonds. The van der Waals surface area contributed by atoms with Crippen LogP contribution in [0.2, 0.25) is 0 Å². The Bertz CT molecular complexity index is 402. The summed E-state index contributed by atoms with van der Waals surface area (Å²) in [7, 11) is 1.79. The smallest absolute Gasteiger partial charge is 0.122 e. The summed E-state index contributed by atoms with van der Waals surface area (Å²) in [5.74, 6) is 1.08. The highest BCUT2D eigenvalue weighted by molar-refractivity contribution is 5.42. The fourth-order valence-corrected chi connectivity index (χ4v) is 3.37. The van der Waals surface area contributed by atoms with E-state index in [9.17, 15) is 0 Å². The summed E-state index contributed by atoms with van der Waals surface area (Å²) in [4.78, 5) is 2.71. The van der Waals surface area contributed by atoms with E-state index in [4.69, 9.17) is 4.74 Å². The number of aryl methyl sites for hydroxylation is 1. The molecule has 0 bridgehead atoms. The van der Waals surface area contributed by atoms with E-state index in [-0.39, 0.29) is 0 Å². The molecular weight excluding hydrogens is 246 g/mol. The van der Waals surface area contributed by atoms with Gasteiger partial charge >= 0.3 is 0 Å². The van der Waals surface area contributed by atoms with Crippen LogP contribution in [0.5, 0.6) is 5.75 Å². The van der Waals surface area contributed by atoms with Crippen LogP contribution in [0.4, 0.5) is 0 Å². The third-order valence-corrected chi connectivity index (χ3v) is 4.46. The van der Waals surface area contributed by atoms with Crippen LogP contribution in [0.3, 0.4) is 0 Å². The van der Waals surface area contributed by atoms with Crippen LogP contribution in [0, 0.1) is 0 Å². The third kappa shape index (κ3) is 3.54. The largest absolute Gasteiger partial charge is 0.496 e. The number of hydrogen-bond acceptors (Lipinski definition) is 2. The van der Waals surface area contributed by atoms with Crippen LogP contribution in [-0.2, 0) is 12.8 Å². The number of ether oxygens (including phenoxy) is 1. The van der Waals surface area contributed by atoms with Gasteiger partial charge in [-0.25, -0.2) is 0 Å². The second kappa shape index (κ2) is 7.68. The second-order valence-corrected chi connectivity index (χ2v) is 5.88. The highest BCUT2D eigenvalue weighted by Gasteiger charge is 2.25. The Balaban J connectivity index is 2.11. The summed E-state index contributed by atoms with van der Waals surface area (Å²) in [6.45, 7) is 7.05. The fourth-order valence-electron chi connectivity index (χ4n) is 3.37. The fraction of sp³-hybridized carbons (Fsp3) is 0.667. The van der Waals surface area contributed by atoms with E-state index in [1.165, 1.54) is 56.3 Å². The van der Waals surface area contributed by atoms with Gasteiger partial charge in [0.2, 0.25) is 0 Å². The Hall–Kier alpha value is -1.02. The molecule has 2 rings (SSSR count). The van der Waals surface area contributed by atoms with Gasteiger partial charge < -0.3 is 9.64 Å². The van der Waals surface area contributed by atoms with Crippen molar-refractivity contribution in [3.8, 4) is 5.75 Å². The van der Waals surface area contributed by atoms with Gasteiger partial charge in [0.1, 0.15) is 5.75 Å². The summed E-state index contributed by atoms with van der Waals surface area (Å²) in [5.41, 5.74) is 2.94. The van der Waals surface area contributed by atoms with Gasteiger partial charge in [-0.1, -0.05) is 32.4 Å². The zero-order chi connectivity index (χ0) is 14.4. The summed E-state index contributed by atoms with van der Waals surface area (Å²) in [5, 5.41) is 0. The first-order valence-electron chi connectivity index (χ1n) is 8.18. The molecule has 0 heterocycles. The topological polar surface area (TPSA) is 12.5 Å². The molecule has 0 aromatic heterocycles. The monoisotopic (exact) mass is 275 g/mol. The minimum Gasteiger partial charge on any atom is -0.496 e. The van der Waals surface area contributed by atoms with E-state index in [1.54, 1.807) is 7.11 Å². The van der Waals surface area contributed by atoms with Crippen molar-refractivity contribution >= 4 is 0 Å². The molecule has 1 aliphatic rings. The van der Waals surface area contributed by atoms with Crippen molar-refractivity contribution in [2.45, 2.75) is 58.4 Å². The molecule has 1 atom stereocenters. The van der Waals surface area contributed by atoms with Crippen LogP contribution < -0.4 is 4.74 Å². The predicted molar refractivity (Wildman–Crippen MR) is 85.6 cm³/mol. The Labute approximate surface area is 124 Å². The SMILES string of the molecule is CCCCN(CCC)C1CCc2cccc(OC)c2C1. The normalized spacial score (nSPS) is 18.1. The lowest BCUT2D eigenvalue weighted by Crippen LogP contribution is -2.40. The minimum atomic E-state index is 0.699. The van der Waals surface area contributed by atoms with Crippen LogP contribution in [0.25, 0.3) is 0 Å². The predicted octanol–water partition coefficient (Wildman–Crippen LogP) is 4.06. The number of benzene rings is 1. The molecule has 0 radical (unpaired) electrons. The number of hydrogen-bond donors (Lipinski definition) is 0. The van der Waals surface area contributed by atoms with E-state index < -0.39 is 0 Å². The molecule has 0 saturated heterocycles. The number of methoxy groups -OCH3 is 1. The summed E-state index contributed by atoms with van der Waals surface area (Å²) in [6, 6.07) is 7.20. The van der Waals surface area contributed by atoms with Crippen molar-refractivity contribution in [3.63, 3.8) is 0 Å². The summed E-state index contributed by atoms with van der Waals surface area (Å²) in [6.07, 6.45) is 7.50. The molecule has 1 aromatic carbocycles. The molecule has 1 aliphatic carbocycles. The highest BCUT2D eigenvalue weighted by Crippen LogP contribution is 2.31. The van der Waals surface area contributed by atoms with Gasteiger partial charge in [-0.3, -0.25) is 0 Å². The van der Waals surface area contributed by atoms with Crippen molar-refractivity contribution < 1.29 is 4.74 Å². The van der Waals surface area contributed by atoms with Crippen LogP contribution in [0.15, 0.2) is 18.2 Å². The lowest BCUT2D eigenvalue weighted by Gasteiger charge is -2.35. The Morgan fingerprint density at radius 3 is 2.75 bits per heavy atom. The van der Waals surface area contributed by atoms with Crippen LogP contribution in [0.1, 0.15) is 50.7 Å². The second-order valence-electron chi connectivity index (χ2n) is 5.88. The quantitative estimate of drug-likeness (QED) is 0.744. The maximum absolute atomic E-state index is 5.56. The molecular formula is C18H29NO. The Morgan fingerprint density at radius 2 is 2.05 bits per heavy atom. The molecule has 1 aromatic rings. The van der Waals surface area contributed by atoms with E-state index in [0.29, 0.717) is 6.04 Å². The van der Waals surface area contributed by atoms with Crippen molar-refractivity contribution in [1.82, 2.24) is 4.90 Å². The zero-order valence-corrected chi connectivity index (χ0v) is 13.3. The lowest BCUT2D eigenvalue weighted by molar-refractivity contribution is 0.176. The number of unbranched alkanes of at least 4 members (excludes halogenated alkanes) is 1. The first-order chi connectivity index (χ1) is 9.80. The Morgan fingerprint density at radius 1 is 1.20 bits per heavy atom. The van der Waals surface area contributed by atoms with Gasteiger partial charge in [-0.05, 0) is 62.4 Å². The van der Waals surface area contributed by atoms with Gasteiger partial charge in [-0.15, -0.1) is 0 Å². The van der Waals surface area contributed by atoms with Gasteiger partial charge in [0.15, 0.2) is 0 Å². The van der Waals surface area contributed by atoms with E-state index in [1.807, 2.05) is 0 Å². The van der Waals surface area contributed by atoms with Gasteiger partial charge in [0.05, 0.1) is 7.11 Å². The molecule has 0 spiro atoms. The van der Waals surface area contributed by atoms with Crippen molar-refractivity contribution in [1.29, 1.82) is 0 Å². The lowest BCUT2D eigenvalue weighted by atomic mass is 9.86. The van der Waals surface area contributed by atoms with Crippen molar-refractivity contribution in [2.75, 3.05) is 20.2 Å². The molecule has 2 heteroatoms. The molecule has 1 unspecified atom stereocenters. The maximum atomic E-state index is 5.56. The highest BCUT2D eigenvalue weighted by atomic mass is 16.5. The maximum Gasteiger partial charge on any atom is 0.122 e. The number of rotatable bonds is 7. The number of nitrogens with zero attached hydrogens (tertiary/aromatic N) is 1. The van der Waals surface area contributed by atoms with Crippen molar-refractivity contribution in [2.24, 2.45) is 0 Å². The van der Waals surface area contributed by atoms with Gasteiger partial charge in [0, 0.05) is 6.04 Å². The average Bonchev–Trinajstić information content (AvgIpc) is 2.50. The molecule has 112 valence electrons. The zero-order valence-electron chi connectivity index (χ0n) is 13.3.